The summed E-state index contributed by atoms with van der Waals surface area (Å²) in [7, 11) is 0. The van der Waals surface area contributed by atoms with Gasteiger partial charge in [0.2, 0.25) is 0 Å². The highest BCUT2D eigenvalue weighted by molar-refractivity contribution is 5.56. The van der Waals surface area contributed by atoms with Gasteiger partial charge in [0.05, 0.1) is 19.0 Å². The molecule has 0 fully saturated rings. The summed E-state index contributed by atoms with van der Waals surface area (Å²) in [6.45, 7) is 7.24. The summed E-state index contributed by atoms with van der Waals surface area (Å²) in [5.41, 5.74) is 0.958. The number of unbranched alkanes of at least 4 members (excludes halogenated alkanes) is 6. The van der Waals surface area contributed by atoms with Crippen LogP contribution in [0.4, 0.5) is 0 Å². The Morgan fingerprint density at radius 2 is 1.44 bits per heavy atom. The molecule has 0 radical (unpaired) electrons. The van der Waals surface area contributed by atoms with Gasteiger partial charge in [0, 0.05) is 18.8 Å². The number of allylic oxidation sites excluding steroid dienone is 1. The van der Waals surface area contributed by atoms with Gasteiger partial charge in [-0.2, -0.15) is 0 Å². The fourth-order valence-electron chi connectivity index (χ4n) is 3.18. The minimum Gasteiger partial charge on any atom is -0.490 e. The number of rotatable bonds is 18. The van der Waals surface area contributed by atoms with E-state index in [1.54, 1.807) is 12.4 Å². The van der Waals surface area contributed by atoms with E-state index < -0.39 is 0 Å². The summed E-state index contributed by atoms with van der Waals surface area (Å²) in [5.74, 6) is 2.23. The molecule has 0 aliphatic rings. The van der Waals surface area contributed by atoms with Crippen LogP contribution in [0.15, 0.2) is 48.8 Å². The molecule has 0 amide bonds. The molecule has 0 N–H and O–H groups in total. The van der Waals surface area contributed by atoms with Gasteiger partial charge >= 0.3 is 0 Å². The Bertz CT molecular complexity index is 730. The fraction of sp³-hybridized carbons (Fsp3) is 0.556. The molecule has 5 heteroatoms. The molecule has 32 heavy (non-hydrogen) atoms. The summed E-state index contributed by atoms with van der Waals surface area (Å²) < 4.78 is 17.0. The van der Waals surface area contributed by atoms with E-state index in [9.17, 15) is 0 Å². The van der Waals surface area contributed by atoms with E-state index in [1.807, 2.05) is 24.3 Å². The van der Waals surface area contributed by atoms with Gasteiger partial charge in [-0.05, 0) is 56.4 Å². The van der Waals surface area contributed by atoms with Crippen molar-refractivity contribution in [2.45, 2.75) is 71.6 Å². The summed E-state index contributed by atoms with van der Waals surface area (Å²) in [6, 6.07) is 7.89. The van der Waals surface area contributed by atoms with Crippen LogP contribution in [0.25, 0.3) is 11.4 Å². The monoisotopic (exact) mass is 440 g/mol. The van der Waals surface area contributed by atoms with Gasteiger partial charge < -0.3 is 14.2 Å². The zero-order chi connectivity index (χ0) is 22.7. The van der Waals surface area contributed by atoms with Gasteiger partial charge in [-0.3, -0.25) is 0 Å². The molecule has 2 aromatic rings. The van der Waals surface area contributed by atoms with Gasteiger partial charge in [0.15, 0.2) is 11.6 Å². The fourth-order valence-corrected chi connectivity index (χ4v) is 3.18. The third-order valence-corrected chi connectivity index (χ3v) is 5.03. The van der Waals surface area contributed by atoms with Gasteiger partial charge in [-0.1, -0.05) is 51.7 Å². The highest BCUT2D eigenvalue weighted by atomic mass is 16.5. The van der Waals surface area contributed by atoms with Crippen LogP contribution in [-0.2, 0) is 4.74 Å². The number of ether oxygens (including phenoxy) is 3. The third-order valence-electron chi connectivity index (χ3n) is 5.03. The van der Waals surface area contributed by atoms with Gasteiger partial charge in [-0.25, -0.2) is 9.97 Å². The van der Waals surface area contributed by atoms with Crippen LogP contribution in [-0.4, -0.2) is 36.4 Å². The van der Waals surface area contributed by atoms with E-state index in [1.165, 1.54) is 32.1 Å². The van der Waals surface area contributed by atoms with E-state index >= 15 is 0 Å². The van der Waals surface area contributed by atoms with E-state index in [0.29, 0.717) is 24.8 Å². The lowest BCUT2D eigenvalue weighted by atomic mass is 10.1. The molecule has 0 saturated heterocycles. The Labute approximate surface area is 194 Å². The second-order valence-electron chi connectivity index (χ2n) is 7.92. The summed E-state index contributed by atoms with van der Waals surface area (Å²) in [5, 5.41) is 0. The maximum absolute atomic E-state index is 5.79. The molecule has 176 valence electrons. The van der Waals surface area contributed by atoms with Crippen LogP contribution in [0.5, 0.6) is 11.5 Å². The Balaban J connectivity index is 1.64. The quantitative estimate of drug-likeness (QED) is 0.184. The van der Waals surface area contributed by atoms with Crippen LogP contribution in [0.1, 0.15) is 71.6 Å². The van der Waals surface area contributed by atoms with Crippen molar-refractivity contribution < 1.29 is 14.2 Å². The second-order valence-corrected chi connectivity index (χ2v) is 7.92. The summed E-state index contributed by atoms with van der Waals surface area (Å²) in [6.07, 6.45) is 18.5. The molecule has 1 heterocycles. The Morgan fingerprint density at radius 3 is 2.19 bits per heavy atom. The molecule has 0 saturated carbocycles. The Kier molecular flexibility index (Phi) is 13.9. The van der Waals surface area contributed by atoms with E-state index in [4.69, 9.17) is 14.2 Å². The van der Waals surface area contributed by atoms with Crippen molar-refractivity contribution in [2.75, 3.05) is 26.4 Å². The van der Waals surface area contributed by atoms with Crippen molar-refractivity contribution in [2.24, 2.45) is 0 Å². The molecular weight excluding hydrogens is 400 g/mol. The van der Waals surface area contributed by atoms with Gasteiger partial charge in [0.1, 0.15) is 12.4 Å². The van der Waals surface area contributed by atoms with E-state index in [-0.39, 0.29) is 0 Å². The predicted octanol–water partition coefficient (Wildman–Crippen LogP) is 7.02. The van der Waals surface area contributed by atoms with Crippen molar-refractivity contribution in [3.8, 4) is 22.9 Å². The zero-order valence-electron chi connectivity index (χ0n) is 19.9. The van der Waals surface area contributed by atoms with Crippen LogP contribution >= 0.6 is 0 Å². The molecule has 5 nitrogen and oxygen atoms in total. The minimum absolute atomic E-state index is 0.599. The molecule has 0 atom stereocenters. The Hall–Kier alpha value is -2.40. The number of aromatic nitrogens is 2. The molecule has 1 aromatic heterocycles. The summed E-state index contributed by atoms with van der Waals surface area (Å²) in [4.78, 5) is 8.86. The first-order valence-electron chi connectivity index (χ1n) is 12.2. The van der Waals surface area contributed by atoms with Crippen molar-refractivity contribution >= 4 is 0 Å². The van der Waals surface area contributed by atoms with Crippen LogP contribution in [0.3, 0.4) is 0 Å². The normalized spacial score (nSPS) is 11.2. The average molecular weight is 441 g/mol. The lowest BCUT2D eigenvalue weighted by molar-refractivity contribution is 0.127. The number of nitrogens with zero attached hydrogens (tertiary/aromatic N) is 2. The largest absolute Gasteiger partial charge is 0.490 e. The molecule has 0 bridgehead atoms. The molecule has 0 aliphatic carbocycles. The number of hydrogen-bond acceptors (Lipinski definition) is 5. The predicted molar refractivity (Wildman–Crippen MR) is 131 cm³/mol. The van der Waals surface area contributed by atoms with Crippen molar-refractivity contribution in [3.63, 3.8) is 0 Å². The van der Waals surface area contributed by atoms with Gasteiger partial charge in [0.25, 0.3) is 0 Å². The van der Waals surface area contributed by atoms with Crippen molar-refractivity contribution in [1.82, 2.24) is 9.97 Å². The van der Waals surface area contributed by atoms with E-state index in [2.05, 4.69) is 36.0 Å². The maximum Gasteiger partial charge on any atom is 0.159 e. The molecule has 0 spiro atoms. The zero-order valence-corrected chi connectivity index (χ0v) is 19.9. The topological polar surface area (TPSA) is 53.5 Å². The minimum atomic E-state index is 0.599. The smallest absolute Gasteiger partial charge is 0.159 e. The molecule has 2 rings (SSSR count). The highest BCUT2D eigenvalue weighted by Crippen LogP contribution is 2.20. The lowest BCUT2D eigenvalue weighted by Gasteiger charge is -2.07. The van der Waals surface area contributed by atoms with Crippen LogP contribution < -0.4 is 9.47 Å². The van der Waals surface area contributed by atoms with Crippen LogP contribution in [0, 0.1) is 0 Å². The first kappa shape index (κ1) is 25.9. The summed E-state index contributed by atoms with van der Waals surface area (Å²) >= 11 is 0. The Morgan fingerprint density at radius 1 is 0.688 bits per heavy atom. The average Bonchev–Trinajstić information content (AvgIpc) is 2.83. The van der Waals surface area contributed by atoms with Crippen molar-refractivity contribution in [1.29, 1.82) is 0 Å². The first-order chi connectivity index (χ1) is 15.8. The molecule has 0 unspecified atom stereocenters. The standard InChI is InChI=1S/C27H40N2O3/c1-3-5-6-7-8-9-10-11-20-31-25-16-14-24(15-17-25)27-28-22-26(23-29-27)32-21-13-12-19-30-18-4-2/h10-11,14-17,22-23H,3-9,12-13,18-21H2,1-2H3/b11-10+. The SMILES string of the molecule is CCCCCCC/C=C/COc1ccc(-c2ncc(OCCCCOCCC)cn2)cc1. The third kappa shape index (κ3) is 11.3. The van der Waals surface area contributed by atoms with Crippen LogP contribution in [0.2, 0.25) is 0 Å². The molecule has 0 aliphatic heterocycles. The molecule has 1 aromatic carbocycles. The second kappa shape index (κ2) is 17.2. The number of hydrogen-bond donors (Lipinski definition) is 0. The number of benzene rings is 1. The van der Waals surface area contributed by atoms with E-state index in [0.717, 1.165) is 50.2 Å². The maximum atomic E-state index is 5.79. The highest BCUT2D eigenvalue weighted by Gasteiger charge is 2.03. The lowest BCUT2D eigenvalue weighted by Crippen LogP contribution is -2.02. The van der Waals surface area contributed by atoms with Gasteiger partial charge in [-0.15, -0.1) is 0 Å². The van der Waals surface area contributed by atoms with Crippen molar-refractivity contribution in [3.05, 3.63) is 48.8 Å². The first-order valence-corrected chi connectivity index (χ1v) is 12.2. The molecular formula is C27H40N2O3.